The van der Waals surface area contributed by atoms with Gasteiger partial charge in [-0.25, -0.2) is 0 Å². The monoisotopic (exact) mass is 298 g/mol. The fourth-order valence-electron chi connectivity index (χ4n) is 1.88. The van der Waals surface area contributed by atoms with Crippen molar-refractivity contribution in [1.29, 1.82) is 0 Å². The van der Waals surface area contributed by atoms with Gasteiger partial charge in [-0.05, 0) is 27.7 Å². The van der Waals surface area contributed by atoms with Gasteiger partial charge in [0.25, 0.3) is 0 Å². The Kier molecular flexibility index (Phi) is 5.01. The number of aryl methyl sites for hydroxylation is 1. The minimum Gasteiger partial charge on any atom is -0.481 e. The lowest BCUT2D eigenvalue weighted by Gasteiger charge is -2.17. The number of carbonyl (C=O) groups excluding carboxylic acids is 1. The topological polar surface area (TPSA) is 127 Å². The van der Waals surface area contributed by atoms with Crippen molar-refractivity contribution < 1.29 is 19.6 Å². The minimum atomic E-state index is -1.01. The molecule has 0 aliphatic heterocycles. The largest absolute Gasteiger partial charge is 0.481 e. The van der Waals surface area contributed by atoms with Crippen LogP contribution in [0.3, 0.4) is 0 Å². The van der Waals surface area contributed by atoms with Gasteiger partial charge in [0.15, 0.2) is 0 Å². The number of hydrogen-bond acceptors (Lipinski definition) is 5. The Labute approximate surface area is 121 Å². The molecule has 2 unspecified atom stereocenters. The molecule has 116 valence electrons. The van der Waals surface area contributed by atoms with E-state index < -0.39 is 28.8 Å². The van der Waals surface area contributed by atoms with Crippen molar-refractivity contribution >= 4 is 17.6 Å². The van der Waals surface area contributed by atoms with Crippen LogP contribution in [0.1, 0.15) is 25.2 Å². The van der Waals surface area contributed by atoms with E-state index in [0.29, 0.717) is 0 Å². The molecule has 9 heteroatoms. The maximum Gasteiger partial charge on any atom is 0.312 e. The van der Waals surface area contributed by atoms with Gasteiger partial charge in [0.2, 0.25) is 5.91 Å². The van der Waals surface area contributed by atoms with Crippen LogP contribution in [-0.4, -0.2) is 37.7 Å². The number of amides is 1. The molecule has 0 saturated heterocycles. The number of carbonyl (C=O) groups is 2. The summed E-state index contributed by atoms with van der Waals surface area (Å²) in [6, 6.07) is -0.554. The van der Waals surface area contributed by atoms with E-state index in [2.05, 4.69) is 10.4 Å². The molecule has 1 aromatic rings. The predicted octanol–water partition coefficient (Wildman–Crippen LogP) is 0.634. The van der Waals surface area contributed by atoms with Gasteiger partial charge in [-0.3, -0.25) is 24.4 Å². The number of hydrogen-bond donors (Lipinski definition) is 2. The van der Waals surface area contributed by atoms with E-state index in [4.69, 9.17) is 5.11 Å². The van der Waals surface area contributed by atoms with Gasteiger partial charge in [0.05, 0.1) is 10.8 Å². The molecule has 1 rings (SSSR count). The van der Waals surface area contributed by atoms with E-state index in [9.17, 15) is 19.7 Å². The molecule has 0 fully saturated rings. The third-order valence-electron chi connectivity index (χ3n) is 3.35. The van der Waals surface area contributed by atoms with Gasteiger partial charge in [-0.2, -0.15) is 5.10 Å². The molecule has 0 spiro atoms. The molecule has 1 heterocycles. The summed E-state index contributed by atoms with van der Waals surface area (Å²) in [6.07, 6.45) is 0. The summed E-state index contributed by atoms with van der Waals surface area (Å²) in [5, 5.41) is 26.2. The highest BCUT2D eigenvalue weighted by Crippen LogP contribution is 2.21. The van der Waals surface area contributed by atoms with Gasteiger partial charge in [-0.1, -0.05) is 0 Å². The second-order valence-corrected chi connectivity index (χ2v) is 4.92. The van der Waals surface area contributed by atoms with Crippen LogP contribution in [0.25, 0.3) is 0 Å². The zero-order valence-corrected chi connectivity index (χ0v) is 12.3. The number of nitrogens with one attached hydrogen (secondary N) is 1. The number of nitro groups is 1. The van der Waals surface area contributed by atoms with E-state index >= 15 is 0 Å². The standard InChI is InChI=1S/C12H18N4O5/c1-6(12(18)19)7(2)13-10(17)5-15-9(4)11(16(20)21)8(3)14-15/h6-7H,5H2,1-4H3,(H,13,17)(H,18,19). The highest BCUT2D eigenvalue weighted by atomic mass is 16.6. The van der Waals surface area contributed by atoms with E-state index in [1.807, 2.05) is 0 Å². The molecule has 0 aliphatic carbocycles. The lowest BCUT2D eigenvalue weighted by molar-refractivity contribution is -0.386. The Morgan fingerprint density at radius 2 is 2.00 bits per heavy atom. The zero-order valence-electron chi connectivity index (χ0n) is 12.3. The van der Waals surface area contributed by atoms with E-state index in [1.165, 1.54) is 25.5 Å². The fourth-order valence-corrected chi connectivity index (χ4v) is 1.88. The van der Waals surface area contributed by atoms with Gasteiger partial charge < -0.3 is 10.4 Å². The lowest BCUT2D eigenvalue weighted by atomic mass is 10.0. The molecule has 2 atom stereocenters. The van der Waals surface area contributed by atoms with Crippen molar-refractivity contribution in [2.75, 3.05) is 0 Å². The fraction of sp³-hybridized carbons (Fsp3) is 0.583. The van der Waals surface area contributed by atoms with Crippen molar-refractivity contribution in [3.63, 3.8) is 0 Å². The summed E-state index contributed by atoms with van der Waals surface area (Å²) >= 11 is 0. The quantitative estimate of drug-likeness (QED) is 0.585. The number of carboxylic acid groups (broad SMARTS) is 1. The first-order valence-electron chi connectivity index (χ1n) is 6.35. The minimum absolute atomic E-state index is 0.116. The summed E-state index contributed by atoms with van der Waals surface area (Å²) in [7, 11) is 0. The molecular formula is C12H18N4O5. The summed E-state index contributed by atoms with van der Waals surface area (Å²) in [5.74, 6) is -2.19. The van der Waals surface area contributed by atoms with Crippen molar-refractivity contribution in [2.45, 2.75) is 40.3 Å². The van der Waals surface area contributed by atoms with Gasteiger partial charge in [0.1, 0.15) is 17.9 Å². The van der Waals surface area contributed by atoms with E-state index in [1.54, 1.807) is 6.92 Å². The summed E-state index contributed by atoms with van der Waals surface area (Å²) in [4.78, 5) is 33.0. The predicted molar refractivity (Wildman–Crippen MR) is 72.8 cm³/mol. The smallest absolute Gasteiger partial charge is 0.312 e. The first-order valence-corrected chi connectivity index (χ1v) is 6.35. The third-order valence-corrected chi connectivity index (χ3v) is 3.35. The number of aliphatic carboxylic acids is 1. The molecule has 0 radical (unpaired) electrons. The van der Waals surface area contributed by atoms with Crippen LogP contribution >= 0.6 is 0 Å². The van der Waals surface area contributed by atoms with Gasteiger partial charge >= 0.3 is 11.7 Å². The Bertz CT molecular complexity index is 580. The maximum atomic E-state index is 11.9. The summed E-state index contributed by atoms with van der Waals surface area (Å²) in [6.45, 7) is 5.88. The Hall–Kier alpha value is -2.45. The molecule has 0 bridgehead atoms. The van der Waals surface area contributed by atoms with E-state index in [0.717, 1.165) is 0 Å². The summed E-state index contributed by atoms with van der Waals surface area (Å²) < 4.78 is 1.24. The van der Waals surface area contributed by atoms with Gasteiger partial charge in [-0.15, -0.1) is 0 Å². The molecule has 0 aliphatic rings. The third kappa shape index (κ3) is 3.77. The molecule has 1 aromatic heterocycles. The van der Waals surface area contributed by atoms with Crippen LogP contribution in [0, 0.1) is 29.9 Å². The van der Waals surface area contributed by atoms with Crippen LogP contribution in [0.4, 0.5) is 5.69 Å². The molecule has 1 amide bonds. The average Bonchev–Trinajstić information content (AvgIpc) is 2.62. The van der Waals surface area contributed by atoms with Gasteiger partial charge in [0, 0.05) is 6.04 Å². The molecule has 9 nitrogen and oxygen atoms in total. The first kappa shape index (κ1) is 16.6. The first-order chi connectivity index (χ1) is 9.65. The van der Waals surface area contributed by atoms with Crippen molar-refractivity contribution in [3.8, 4) is 0 Å². The normalized spacial score (nSPS) is 13.5. The van der Waals surface area contributed by atoms with Crippen molar-refractivity contribution in [2.24, 2.45) is 5.92 Å². The lowest BCUT2D eigenvalue weighted by Crippen LogP contribution is -2.41. The van der Waals surface area contributed by atoms with Crippen LogP contribution in [-0.2, 0) is 16.1 Å². The highest BCUT2D eigenvalue weighted by molar-refractivity contribution is 5.77. The van der Waals surface area contributed by atoms with Crippen LogP contribution in [0.15, 0.2) is 0 Å². The molecule has 21 heavy (non-hydrogen) atoms. The van der Waals surface area contributed by atoms with Crippen LogP contribution in [0.2, 0.25) is 0 Å². The highest BCUT2D eigenvalue weighted by Gasteiger charge is 2.24. The Morgan fingerprint density at radius 3 is 2.43 bits per heavy atom. The average molecular weight is 298 g/mol. The summed E-state index contributed by atoms with van der Waals surface area (Å²) in [5.41, 5.74) is 0.401. The second kappa shape index (κ2) is 6.33. The molecular weight excluding hydrogens is 280 g/mol. The van der Waals surface area contributed by atoms with Crippen molar-refractivity contribution in [3.05, 3.63) is 21.5 Å². The maximum absolute atomic E-state index is 11.9. The molecule has 0 aromatic carbocycles. The van der Waals surface area contributed by atoms with Crippen molar-refractivity contribution in [1.82, 2.24) is 15.1 Å². The SMILES string of the molecule is Cc1nn(CC(=O)NC(C)C(C)C(=O)O)c(C)c1[N+](=O)[O-]. The number of aromatic nitrogens is 2. The number of rotatable bonds is 6. The molecule has 2 N–H and O–H groups in total. The van der Waals surface area contributed by atoms with E-state index in [-0.39, 0.29) is 23.6 Å². The number of carboxylic acids is 1. The van der Waals surface area contributed by atoms with Crippen LogP contribution < -0.4 is 5.32 Å². The number of nitrogens with zero attached hydrogens (tertiary/aromatic N) is 3. The second-order valence-electron chi connectivity index (χ2n) is 4.92. The zero-order chi connectivity index (χ0) is 16.3. The Balaban J connectivity index is 2.79. The van der Waals surface area contributed by atoms with Crippen LogP contribution in [0.5, 0.6) is 0 Å². The molecule has 0 saturated carbocycles. The Morgan fingerprint density at radius 1 is 1.43 bits per heavy atom.